The number of aryl methyl sites for hydroxylation is 1. The van der Waals surface area contributed by atoms with Gasteiger partial charge < -0.3 is 13.9 Å². The Morgan fingerprint density at radius 1 is 0.852 bits per heavy atom. The van der Waals surface area contributed by atoms with Crippen molar-refractivity contribution in [3.63, 3.8) is 0 Å². The van der Waals surface area contributed by atoms with Crippen molar-refractivity contribution in [3.8, 4) is 11.5 Å². The lowest BCUT2D eigenvalue weighted by Crippen LogP contribution is -2.08. The molecule has 27 heavy (non-hydrogen) atoms. The van der Waals surface area contributed by atoms with Crippen molar-refractivity contribution in [3.05, 3.63) is 82.2 Å². The van der Waals surface area contributed by atoms with Crippen LogP contribution in [0, 0.1) is 6.92 Å². The number of hydrogen-bond acceptors (Lipinski definition) is 5. The average Bonchev–Trinajstić information content (AvgIpc) is 2.68. The van der Waals surface area contributed by atoms with Gasteiger partial charge in [0, 0.05) is 16.8 Å². The first-order valence-electron chi connectivity index (χ1n) is 8.38. The Kier molecular flexibility index (Phi) is 4.12. The van der Waals surface area contributed by atoms with E-state index in [9.17, 15) is 9.59 Å². The van der Waals surface area contributed by atoms with Crippen molar-refractivity contribution in [1.29, 1.82) is 0 Å². The summed E-state index contributed by atoms with van der Waals surface area (Å²) in [5.74, 6) is 0.420. The van der Waals surface area contributed by atoms with Crippen LogP contribution in [-0.2, 0) is 0 Å². The highest BCUT2D eigenvalue weighted by Crippen LogP contribution is 2.28. The SMILES string of the molecule is COc1ccc2c(c1)c(=O)oc1cc(OC(=O)c3ccc(C)cc3)ccc12. The van der Waals surface area contributed by atoms with Gasteiger partial charge in [0.15, 0.2) is 0 Å². The molecule has 4 rings (SSSR count). The van der Waals surface area contributed by atoms with E-state index in [4.69, 9.17) is 13.9 Å². The van der Waals surface area contributed by atoms with Crippen LogP contribution < -0.4 is 15.1 Å². The van der Waals surface area contributed by atoms with Crippen LogP contribution in [-0.4, -0.2) is 13.1 Å². The molecule has 1 aromatic heterocycles. The van der Waals surface area contributed by atoms with E-state index in [1.807, 2.05) is 25.1 Å². The summed E-state index contributed by atoms with van der Waals surface area (Å²) in [6.07, 6.45) is 0. The second-order valence-electron chi connectivity index (χ2n) is 6.21. The fraction of sp³-hybridized carbons (Fsp3) is 0.0909. The topological polar surface area (TPSA) is 65.7 Å². The number of fused-ring (bicyclic) bond motifs is 3. The van der Waals surface area contributed by atoms with E-state index in [0.717, 1.165) is 16.3 Å². The minimum absolute atomic E-state index is 0.309. The summed E-state index contributed by atoms with van der Waals surface area (Å²) in [6, 6.07) is 17.3. The minimum atomic E-state index is -0.474. The maximum atomic E-state index is 12.3. The Balaban J connectivity index is 1.74. The first-order chi connectivity index (χ1) is 13.0. The zero-order valence-corrected chi connectivity index (χ0v) is 14.8. The summed E-state index contributed by atoms with van der Waals surface area (Å²) in [6.45, 7) is 1.94. The number of hydrogen-bond donors (Lipinski definition) is 0. The summed E-state index contributed by atoms with van der Waals surface area (Å²) in [4.78, 5) is 24.6. The number of carbonyl (C=O) groups excluding carboxylic acids is 1. The normalized spacial score (nSPS) is 10.9. The van der Waals surface area contributed by atoms with Crippen LogP contribution in [0.15, 0.2) is 69.9 Å². The summed E-state index contributed by atoms with van der Waals surface area (Å²) >= 11 is 0. The predicted molar refractivity (Wildman–Crippen MR) is 103 cm³/mol. The Hall–Kier alpha value is -3.60. The molecule has 1 heterocycles. The van der Waals surface area contributed by atoms with Gasteiger partial charge in [-0.25, -0.2) is 9.59 Å². The van der Waals surface area contributed by atoms with Crippen molar-refractivity contribution >= 4 is 27.7 Å². The third-order valence-corrected chi connectivity index (χ3v) is 4.39. The molecule has 0 spiro atoms. The molecule has 3 aromatic carbocycles. The molecule has 0 aliphatic rings. The van der Waals surface area contributed by atoms with Crippen molar-refractivity contribution < 1.29 is 18.7 Å². The first-order valence-corrected chi connectivity index (χ1v) is 8.38. The molecule has 0 saturated carbocycles. The molecule has 0 unspecified atom stereocenters. The summed E-state index contributed by atoms with van der Waals surface area (Å²) < 4.78 is 16.0. The van der Waals surface area contributed by atoms with Crippen molar-refractivity contribution in [1.82, 2.24) is 0 Å². The van der Waals surface area contributed by atoms with E-state index in [1.165, 1.54) is 0 Å². The smallest absolute Gasteiger partial charge is 0.344 e. The van der Waals surface area contributed by atoms with Gasteiger partial charge in [-0.1, -0.05) is 17.7 Å². The molecule has 0 aliphatic heterocycles. The van der Waals surface area contributed by atoms with Crippen molar-refractivity contribution in [2.75, 3.05) is 7.11 Å². The molecule has 5 nitrogen and oxygen atoms in total. The third-order valence-electron chi connectivity index (χ3n) is 4.39. The molecule has 134 valence electrons. The quantitative estimate of drug-likeness (QED) is 0.233. The Bertz CT molecular complexity index is 1220. The molecule has 0 bridgehead atoms. The van der Waals surface area contributed by atoms with E-state index in [0.29, 0.717) is 28.0 Å². The van der Waals surface area contributed by atoms with Crippen LogP contribution in [0.4, 0.5) is 0 Å². The van der Waals surface area contributed by atoms with Gasteiger partial charge in [-0.15, -0.1) is 0 Å². The van der Waals surface area contributed by atoms with Crippen LogP contribution >= 0.6 is 0 Å². The second kappa shape index (κ2) is 6.61. The molecule has 0 saturated heterocycles. The van der Waals surface area contributed by atoms with E-state index < -0.39 is 11.6 Å². The van der Waals surface area contributed by atoms with Gasteiger partial charge in [0.05, 0.1) is 18.1 Å². The van der Waals surface area contributed by atoms with E-state index in [-0.39, 0.29) is 0 Å². The van der Waals surface area contributed by atoms with Crippen LogP contribution in [0.1, 0.15) is 15.9 Å². The zero-order chi connectivity index (χ0) is 19.0. The standard InChI is InChI=1S/C22H16O5/c1-13-3-5-14(6-4-13)21(23)26-16-8-10-18-17-9-7-15(25-2)11-19(17)22(24)27-20(18)12-16/h3-12H,1-2H3. The third kappa shape index (κ3) is 3.15. The van der Waals surface area contributed by atoms with Crippen LogP contribution in [0.2, 0.25) is 0 Å². The summed E-state index contributed by atoms with van der Waals surface area (Å²) in [5.41, 5.74) is 1.39. The number of benzene rings is 3. The highest BCUT2D eigenvalue weighted by Gasteiger charge is 2.12. The average molecular weight is 360 g/mol. The fourth-order valence-electron chi connectivity index (χ4n) is 2.94. The highest BCUT2D eigenvalue weighted by molar-refractivity contribution is 6.05. The van der Waals surface area contributed by atoms with Crippen LogP contribution in [0.25, 0.3) is 21.7 Å². The number of ether oxygens (including phenoxy) is 2. The molecule has 0 N–H and O–H groups in total. The molecular weight excluding hydrogens is 344 g/mol. The molecular formula is C22H16O5. The zero-order valence-electron chi connectivity index (χ0n) is 14.8. The summed E-state index contributed by atoms with van der Waals surface area (Å²) in [7, 11) is 1.54. The van der Waals surface area contributed by atoms with Crippen LogP contribution in [0.3, 0.4) is 0 Å². The van der Waals surface area contributed by atoms with Gasteiger partial charge in [0.1, 0.15) is 17.1 Å². The van der Waals surface area contributed by atoms with Gasteiger partial charge >= 0.3 is 11.6 Å². The first kappa shape index (κ1) is 16.8. The largest absolute Gasteiger partial charge is 0.497 e. The monoisotopic (exact) mass is 360 g/mol. The molecule has 0 amide bonds. The predicted octanol–water partition coefficient (Wildman–Crippen LogP) is 4.48. The Morgan fingerprint density at radius 2 is 1.56 bits per heavy atom. The van der Waals surface area contributed by atoms with E-state index >= 15 is 0 Å². The Labute approximate surface area is 154 Å². The second-order valence-corrected chi connectivity index (χ2v) is 6.21. The molecule has 0 fully saturated rings. The number of methoxy groups -OCH3 is 1. The molecule has 0 atom stereocenters. The van der Waals surface area contributed by atoms with Gasteiger partial charge in [0.25, 0.3) is 0 Å². The van der Waals surface area contributed by atoms with Crippen molar-refractivity contribution in [2.24, 2.45) is 0 Å². The van der Waals surface area contributed by atoms with E-state index in [1.54, 1.807) is 49.6 Å². The Morgan fingerprint density at radius 3 is 2.30 bits per heavy atom. The lowest BCUT2D eigenvalue weighted by atomic mass is 10.1. The number of carbonyl (C=O) groups is 1. The van der Waals surface area contributed by atoms with Crippen molar-refractivity contribution in [2.45, 2.75) is 6.92 Å². The van der Waals surface area contributed by atoms with Gasteiger partial charge in [-0.3, -0.25) is 0 Å². The molecule has 4 aromatic rings. The van der Waals surface area contributed by atoms with Gasteiger partial charge in [-0.2, -0.15) is 0 Å². The molecule has 5 heteroatoms. The summed E-state index contributed by atoms with van der Waals surface area (Å²) in [5, 5.41) is 1.94. The van der Waals surface area contributed by atoms with Gasteiger partial charge in [0.2, 0.25) is 0 Å². The highest BCUT2D eigenvalue weighted by atomic mass is 16.5. The number of rotatable bonds is 3. The maximum absolute atomic E-state index is 12.3. The lowest BCUT2D eigenvalue weighted by molar-refractivity contribution is 0.0735. The fourth-order valence-corrected chi connectivity index (χ4v) is 2.94. The lowest BCUT2D eigenvalue weighted by Gasteiger charge is -2.08. The van der Waals surface area contributed by atoms with E-state index in [2.05, 4.69) is 0 Å². The number of esters is 1. The van der Waals surface area contributed by atoms with Gasteiger partial charge in [-0.05, 0) is 49.4 Å². The molecule has 0 radical (unpaired) electrons. The maximum Gasteiger partial charge on any atom is 0.344 e. The molecule has 0 aliphatic carbocycles. The minimum Gasteiger partial charge on any atom is -0.497 e. The van der Waals surface area contributed by atoms with Crippen LogP contribution in [0.5, 0.6) is 11.5 Å².